The summed E-state index contributed by atoms with van der Waals surface area (Å²) in [5.41, 5.74) is 0. The zero-order valence-electron chi connectivity index (χ0n) is 14.0. The first-order chi connectivity index (χ1) is 11.3. The highest BCUT2D eigenvalue weighted by Crippen LogP contribution is 2.25. The number of likely N-dealkylation sites (tertiary alicyclic amines) is 1. The van der Waals surface area contributed by atoms with E-state index in [4.69, 9.17) is 9.47 Å². The van der Waals surface area contributed by atoms with Crippen LogP contribution in [0.4, 0.5) is 4.79 Å². The lowest BCUT2D eigenvalue weighted by molar-refractivity contribution is -0.0728. The SMILES string of the molecule is O=C(NC[C@H]1CCCS1)N1CCC(OC[C@@H]2CCCCO2)CC1. The molecule has 2 amide bonds. The summed E-state index contributed by atoms with van der Waals surface area (Å²) in [5.74, 6) is 1.24. The number of carbonyl (C=O) groups excluding carboxylic acids is 1. The van der Waals surface area contributed by atoms with Crippen molar-refractivity contribution in [3.05, 3.63) is 0 Å². The Bertz CT molecular complexity index is 363. The minimum absolute atomic E-state index is 0.103. The van der Waals surface area contributed by atoms with Crippen LogP contribution in [0.2, 0.25) is 0 Å². The highest BCUT2D eigenvalue weighted by atomic mass is 32.2. The molecule has 3 rings (SSSR count). The van der Waals surface area contributed by atoms with Crippen molar-refractivity contribution in [3.63, 3.8) is 0 Å². The van der Waals surface area contributed by atoms with Crippen LogP contribution in [0.3, 0.4) is 0 Å². The van der Waals surface area contributed by atoms with Crippen LogP contribution in [0, 0.1) is 0 Å². The van der Waals surface area contributed by atoms with Gasteiger partial charge in [-0.15, -0.1) is 0 Å². The average Bonchev–Trinajstić information content (AvgIpc) is 3.13. The predicted molar refractivity (Wildman–Crippen MR) is 93.0 cm³/mol. The Kier molecular flexibility index (Phi) is 6.90. The number of carbonyl (C=O) groups is 1. The molecule has 0 saturated carbocycles. The molecule has 1 N–H and O–H groups in total. The van der Waals surface area contributed by atoms with Gasteiger partial charge < -0.3 is 19.7 Å². The summed E-state index contributed by atoms with van der Waals surface area (Å²) in [6, 6.07) is 0.103. The fourth-order valence-electron chi connectivity index (χ4n) is 3.53. The smallest absolute Gasteiger partial charge is 0.317 e. The van der Waals surface area contributed by atoms with Gasteiger partial charge in [0.05, 0.1) is 18.8 Å². The van der Waals surface area contributed by atoms with Crippen molar-refractivity contribution in [3.8, 4) is 0 Å². The molecule has 2 atom stereocenters. The molecule has 0 spiro atoms. The molecule has 3 heterocycles. The van der Waals surface area contributed by atoms with Crippen molar-refractivity contribution in [1.29, 1.82) is 0 Å². The van der Waals surface area contributed by atoms with Crippen molar-refractivity contribution < 1.29 is 14.3 Å². The summed E-state index contributed by atoms with van der Waals surface area (Å²) in [7, 11) is 0. The van der Waals surface area contributed by atoms with Gasteiger partial charge >= 0.3 is 6.03 Å². The van der Waals surface area contributed by atoms with Gasteiger partial charge in [0.2, 0.25) is 0 Å². The van der Waals surface area contributed by atoms with E-state index in [-0.39, 0.29) is 18.2 Å². The second-order valence-electron chi connectivity index (χ2n) is 6.83. The van der Waals surface area contributed by atoms with Crippen LogP contribution in [0.15, 0.2) is 0 Å². The van der Waals surface area contributed by atoms with E-state index in [0.29, 0.717) is 5.25 Å². The lowest BCUT2D eigenvalue weighted by Crippen LogP contribution is -2.47. The zero-order chi connectivity index (χ0) is 15.9. The molecule has 3 saturated heterocycles. The molecule has 0 radical (unpaired) electrons. The molecule has 132 valence electrons. The molecule has 0 aliphatic carbocycles. The second-order valence-corrected chi connectivity index (χ2v) is 8.24. The maximum absolute atomic E-state index is 12.2. The van der Waals surface area contributed by atoms with E-state index in [2.05, 4.69) is 5.32 Å². The minimum Gasteiger partial charge on any atom is -0.376 e. The molecule has 5 nitrogen and oxygen atoms in total. The largest absolute Gasteiger partial charge is 0.376 e. The molecular weight excluding hydrogens is 312 g/mol. The fraction of sp³-hybridized carbons (Fsp3) is 0.941. The Morgan fingerprint density at radius 3 is 2.74 bits per heavy atom. The van der Waals surface area contributed by atoms with E-state index in [9.17, 15) is 4.79 Å². The Morgan fingerprint density at radius 1 is 1.17 bits per heavy atom. The van der Waals surface area contributed by atoms with Gasteiger partial charge in [-0.25, -0.2) is 4.79 Å². The fourth-order valence-corrected chi connectivity index (χ4v) is 4.73. The monoisotopic (exact) mass is 342 g/mol. The molecule has 3 aliphatic rings. The molecule has 23 heavy (non-hydrogen) atoms. The summed E-state index contributed by atoms with van der Waals surface area (Å²) in [6.45, 7) is 4.03. The molecule has 6 heteroatoms. The number of thioether (sulfide) groups is 1. The van der Waals surface area contributed by atoms with Gasteiger partial charge in [-0.3, -0.25) is 0 Å². The third-order valence-corrected chi connectivity index (χ3v) is 6.42. The second kappa shape index (κ2) is 9.14. The molecule has 3 fully saturated rings. The van der Waals surface area contributed by atoms with Crippen molar-refractivity contribution in [2.75, 3.05) is 38.6 Å². The van der Waals surface area contributed by atoms with Crippen LogP contribution < -0.4 is 5.32 Å². The number of ether oxygens (including phenoxy) is 2. The molecule has 3 aliphatic heterocycles. The third-order valence-electron chi connectivity index (χ3n) is 5.03. The van der Waals surface area contributed by atoms with Gasteiger partial charge in [0.15, 0.2) is 0 Å². The number of urea groups is 1. The number of nitrogens with one attached hydrogen (secondary N) is 1. The van der Waals surface area contributed by atoms with Crippen LogP contribution in [0.1, 0.15) is 44.9 Å². The minimum atomic E-state index is 0.103. The normalized spacial score (nSPS) is 29.7. The van der Waals surface area contributed by atoms with Gasteiger partial charge in [0.1, 0.15) is 0 Å². The molecule has 0 unspecified atom stereocenters. The maximum atomic E-state index is 12.2. The van der Waals surface area contributed by atoms with Gasteiger partial charge in [-0.2, -0.15) is 11.8 Å². The lowest BCUT2D eigenvalue weighted by Gasteiger charge is -2.33. The van der Waals surface area contributed by atoms with E-state index < -0.39 is 0 Å². The Balaban J connectivity index is 1.29. The first kappa shape index (κ1) is 17.4. The Hall–Kier alpha value is -0.460. The Labute approximate surface area is 143 Å². The van der Waals surface area contributed by atoms with Gasteiger partial charge in [-0.1, -0.05) is 0 Å². The van der Waals surface area contributed by atoms with E-state index in [1.165, 1.54) is 31.4 Å². The first-order valence-corrected chi connectivity index (χ1v) is 10.2. The van der Waals surface area contributed by atoms with Crippen LogP contribution in [0.5, 0.6) is 0 Å². The van der Waals surface area contributed by atoms with Crippen LogP contribution in [0.25, 0.3) is 0 Å². The number of hydrogen-bond acceptors (Lipinski definition) is 4. The topological polar surface area (TPSA) is 50.8 Å². The van der Waals surface area contributed by atoms with Gasteiger partial charge in [0.25, 0.3) is 0 Å². The lowest BCUT2D eigenvalue weighted by atomic mass is 10.1. The molecule has 0 aromatic carbocycles. The van der Waals surface area contributed by atoms with E-state index in [1.807, 2.05) is 16.7 Å². The summed E-state index contributed by atoms with van der Waals surface area (Å²) in [6.07, 6.45) is 8.55. The zero-order valence-corrected chi connectivity index (χ0v) is 14.8. The number of nitrogens with zero attached hydrogens (tertiary/aromatic N) is 1. The summed E-state index contributed by atoms with van der Waals surface area (Å²) in [5, 5.41) is 3.72. The van der Waals surface area contributed by atoms with E-state index >= 15 is 0 Å². The highest BCUT2D eigenvalue weighted by molar-refractivity contribution is 8.00. The summed E-state index contributed by atoms with van der Waals surface area (Å²) in [4.78, 5) is 14.2. The van der Waals surface area contributed by atoms with Crippen molar-refractivity contribution in [2.24, 2.45) is 0 Å². The quantitative estimate of drug-likeness (QED) is 0.834. The molecule has 0 aromatic heterocycles. The van der Waals surface area contributed by atoms with Crippen molar-refractivity contribution in [1.82, 2.24) is 10.2 Å². The number of amides is 2. The third kappa shape index (κ3) is 5.54. The average molecular weight is 343 g/mol. The standard InChI is InChI=1S/C17H30N2O3S/c20-17(18-12-16-5-3-11-23-16)19-8-6-14(7-9-19)22-13-15-4-1-2-10-21-15/h14-16H,1-13H2,(H,18,20)/t15-,16+/m0/s1. The highest BCUT2D eigenvalue weighted by Gasteiger charge is 2.25. The number of piperidine rings is 1. The summed E-state index contributed by atoms with van der Waals surface area (Å²) >= 11 is 1.99. The Morgan fingerprint density at radius 2 is 2.04 bits per heavy atom. The number of hydrogen-bond donors (Lipinski definition) is 1. The van der Waals surface area contributed by atoms with Crippen LogP contribution in [-0.4, -0.2) is 67.0 Å². The van der Waals surface area contributed by atoms with E-state index in [1.54, 1.807) is 0 Å². The van der Waals surface area contributed by atoms with Gasteiger partial charge in [0, 0.05) is 31.5 Å². The predicted octanol–water partition coefficient (Wildman–Crippen LogP) is 2.64. The van der Waals surface area contributed by atoms with Crippen molar-refractivity contribution >= 4 is 17.8 Å². The molecular formula is C17H30N2O3S. The van der Waals surface area contributed by atoms with Crippen LogP contribution >= 0.6 is 11.8 Å². The number of rotatable bonds is 5. The summed E-state index contributed by atoms with van der Waals surface area (Å²) < 4.78 is 11.7. The maximum Gasteiger partial charge on any atom is 0.317 e. The molecule has 0 aromatic rings. The van der Waals surface area contributed by atoms with Crippen molar-refractivity contribution in [2.45, 2.75) is 62.4 Å². The van der Waals surface area contributed by atoms with Crippen LogP contribution in [-0.2, 0) is 9.47 Å². The molecule has 0 bridgehead atoms. The van der Waals surface area contributed by atoms with Gasteiger partial charge in [-0.05, 0) is 50.7 Å². The van der Waals surface area contributed by atoms with E-state index in [0.717, 1.165) is 52.1 Å². The first-order valence-electron chi connectivity index (χ1n) is 9.19.